The number of hydrogen-bond acceptors (Lipinski definition) is 1. The van der Waals surface area contributed by atoms with Crippen LogP contribution >= 0.6 is 22.9 Å². The largest absolute Gasteiger partial charge is 0.143 e. The summed E-state index contributed by atoms with van der Waals surface area (Å²) in [6.07, 6.45) is 2.26. The Morgan fingerprint density at radius 3 is 2.16 bits per heavy atom. The third kappa shape index (κ3) is 3.40. The number of halogens is 1. The summed E-state index contributed by atoms with van der Waals surface area (Å²) in [4.78, 5) is 2.65. The van der Waals surface area contributed by atoms with Crippen LogP contribution in [0.15, 0.2) is 36.4 Å². The van der Waals surface area contributed by atoms with Gasteiger partial charge in [-0.15, -0.1) is 22.9 Å². The van der Waals surface area contributed by atoms with Crippen LogP contribution in [0.1, 0.15) is 59.4 Å². The molecule has 0 amide bonds. The predicted octanol–water partition coefficient (Wildman–Crippen LogP) is 6.15. The van der Waals surface area contributed by atoms with Gasteiger partial charge in [0.2, 0.25) is 0 Å². The van der Waals surface area contributed by atoms with E-state index in [-0.39, 0.29) is 5.38 Å². The summed E-state index contributed by atoms with van der Waals surface area (Å²) in [5, 5.41) is -0.0173. The first-order valence-electron chi connectivity index (χ1n) is 6.98. The molecule has 0 fully saturated rings. The van der Waals surface area contributed by atoms with Gasteiger partial charge in [0.1, 0.15) is 0 Å². The summed E-state index contributed by atoms with van der Waals surface area (Å²) in [5.74, 6) is 0.622. The van der Waals surface area contributed by atoms with E-state index in [1.165, 1.54) is 27.3 Å². The average Bonchev–Trinajstić information content (AvgIpc) is 2.94. The Kier molecular flexibility index (Phi) is 5.06. The lowest BCUT2D eigenvalue weighted by atomic mass is 9.97. The fourth-order valence-electron chi connectivity index (χ4n) is 2.11. The Morgan fingerprint density at radius 1 is 1.00 bits per heavy atom. The molecule has 0 bridgehead atoms. The zero-order valence-electron chi connectivity index (χ0n) is 11.8. The van der Waals surface area contributed by atoms with Gasteiger partial charge in [-0.05, 0) is 42.0 Å². The summed E-state index contributed by atoms with van der Waals surface area (Å²) in [5.41, 5.74) is 2.59. The fourth-order valence-corrected chi connectivity index (χ4v) is 3.42. The van der Waals surface area contributed by atoms with Crippen molar-refractivity contribution in [2.45, 2.75) is 44.9 Å². The SMILES string of the molecule is CCc1ccc(C(Cl)c2ccc(C(C)CC)cc2)s1. The first kappa shape index (κ1) is 14.6. The Labute approximate surface area is 125 Å². The highest BCUT2D eigenvalue weighted by Gasteiger charge is 2.13. The van der Waals surface area contributed by atoms with Crippen LogP contribution in [0.3, 0.4) is 0 Å². The van der Waals surface area contributed by atoms with E-state index >= 15 is 0 Å². The lowest BCUT2D eigenvalue weighted by Gasteiger charge is -2.12. The van der Waals surface area contributed by atoms with Crippen molar-refractivity contribution in [2.24, 2.45) is 0 Å². The molecule has 0 radical (unpaired) electrons. The molecule has 102 valence electrons. The number of rotatable bonds is 5. The lowest BCUT2D eigenvalue weighted by Crippen LogP contribution is -1.94. The minimum Gasteiger partial charge on any atom is -0.143 e. The summed E-state index contributed by atoms with van der Waals surface area (Å²) in [6.45, 7) is 6.67. The molecule has 0 spiro atoms. The molecule has 19 heavy (non-hydrogen) atoms. The molecule has 0 saturated carbocycles. The molecule has 0 nitrogen and oxygen atoms in total. The van der Waals surface area contributed by atoms with Gasteiger partial charge < -0.3 is 0 Å². The molecule has 0 aliphatic heterocycles. The fraction of sp³-hybridized carbons (Fsp3) is 0.412. The second kappa shape index (κ2) is 6.58. The summed E-state index contributed by atoms with van der Waals surface area (Å²) >= 11 is 8.40. The number of benzene rings is 1. The molecule has 1 aromatic heterocycles. The third-order valence-electron chi connectivity index (χ3n) is 3.69. The topological polar surface area (TPSA) is 0 Å². The van der Waals surface area contributed by atoms with Crippen LogP contribution in [0.4, 0.5) is 0 Å². The van der Waals surface area contributed by atoms with Gasteiger partial charge in [0.25, 0.3) is 0 Å². The van der Waals surface area contributed by atoms with Crippen LogP contribution in [0.25, 0.3) is 0 Å². The van der Waals surface area contributed by atoms with Crippen molar-refractivity contribution in [2.75, 3.05) is 0 Å². The van der Waals surface area contributed by atoms with E-state index < -0.39 is 0 Å². The van der Waals surface area contributed by atoms with E-state index in [0.29, 0.717) is 5.92 Å². The minimum atomic E-state index is -0.0173. The van der Waals surface area contributed by atoms with E-state index in [1.54, 1.807) is 0 Å². The highest BCUT2D eigenvalue weighted by Crippen LogP contribution is 2.34. The Balaban J connectivity index is 2.17. The van der Waals surface area contributed by atoms with Crippen molar-refractivity contribution in [3.05, 3.63) is 57.3 Å². The van der Waals surface area contributed by atoms with Gasteiger partial charge in [-0.25, -0.2) is 0 Å². The highest BCUT2D eigenvalue weighted by molar-refractivity contribution is 7.12. The van der Waals surface area contributed by atoms with Crippen LogP contribution in [-0.4, -0.2) is 0 Å². The molecular formula is C17H21ClS. The highest BCUT2D eigenvalue weighted by atomic mass is 35.5. The van der Waals surface area contributed by atoms with Gasteiger partial charge >= 0.3 is 0 Å². The Morgan fingerprint density at radius 2 is 1.63 bits per heavy atom. The molecule has 2 heteroatoms. The van der Waals surface area contributed by atoms with Crippen LogP contribution in [0.5, 0.6) is 0 Å². The number of aryl methyl sites for hydroxylation is 1. The Bertz CT molecular complexity index is 512. The first-order chi connectivity index (χ1) is 9.15. The molecule has 2 atom stereocenters. The smallest absolute Gasteiger partial charge is 0.0927 e. The molecule has 0 aliphatic carbocycles. The average molecular weight is 293 g/mol. The maximum Gasteiger partial charge on any atom is 0.0927 e. The monoisotopic (exact) mass is 292 g/mol. The molecule has 2 unspecified atom stereocenters. The van der Waals surface area contributed by atoms with Crippen LogP contribution in [-0.2, 0) is 6.42 Å². The number of thiophene rings is 1. The number of alkyl halides is 1. The maximum atomic E-state index is 6.58. The van der Waals surface area contributed by atoms with Crippen LogP contribution in [0.2, 0.25) is 0 Å². The minimum absolute atomic E-state index is 0.0173. The molecule has 2 aromatic rings. The zero-order chi connectivity index (χ0) is 13.8. The predicted molar refractivity (Wildman–Crippen MR) is 86.5 cm³/mol. The van der Waals surface area contributed by atoms with E-state index in [0.717, 1.165) is 6.42 Å². The molecule has 1 aromatic carbocycles. The van der Waals surface area contributed by atoms with Crippen molar-refractivity contribution >= 4 is 22.9 Å². The Hall–Kier alpha value is -0.790. The van der Waals surface area contributed by atoms with Gasteiger partial charge in [-0.3, -0.25) is 0 Å². The third-order valence-corrected chi connectivity index (χ3v) is 5.60. The van der Waals surface area contributed by atoms with Gasteiger partial charge in [0.15, 0.2) is 0 Å². The summed E-state index contributed by atoms with van der Waals surface area (Å²) in [7, 11) is 0. The molecule has 0 aliphatic rings. The van der Waals surface area contributed by atoms with Crippen molar-refractivity contribution < 1.29 is 0 Å². The summed E-state index contributed by atoms with van der Waals surface area (Å²) < 4.78 is 0. The second-order valence-corrected chi connectivity index (χ2v) is 6.63. The van der Waals surface area contributed by atoms with E-state index in [1.807, 2.05) is 11.3 Å². The van der Waals surface area contributed by atoms with E-state index in [2.05, 4.69) is 57.2 Å². The summed E-state index contributed by atoms with van der Waals surface area (Å²) in [6, 6.07) is 13.1. The lowest BCUT2D eigenvalue weighted by molar-refractivity contribution is 0.733. The first-order valence-corrected chi connectivity index (χ1v) is 8.23. The zero-order valence-corrected chi connectivity index (χ0v) is 13.4. The molecule has 0 saturated heterocycles. The molecule has 0 N–H and O–H groups in total. The van der Waals surface area contributed by atoms with Crippen molar-refractivity contribution in [3.63, 3.8) is 0 Å². The standard InChI is InChI=1S/C17H21ClS/c1-4-12(3)13-6-8-14(9-7-13)17(18)16-11-10-15(5-2)19-16/h6-12,17H,4-5H2,1-3H3. The van der Waals surface area contributed by atoms with E-state index in [9.17, 15) is 0 Å². The van der Waals surface area contributed by atoms with Gasteiger partial charge in [-0.1, -0.05) is 45.0 Å². The van der Waals surface area contributed by atoms with Gasteiger partial charge in [-0.2, -0.15) is 0 Å². The quantitative estimate of drug-likeness (QED) is 0.580. The molecular weight excluding hydrogens is 272 g/mol. The molecule has 1 heterocycles. The normalized spacial score (nSPS) is 14.3. The van der Waals surface area contributed by atoms with Crippen LogP contribution < -0.4 is 0 Å². The van der Waals surface area contributed by atoms with Crippen LogP contribution in [0, 0.1) is 0 Å². The molecule has 2 rings (SSSR count). The van der Waals surface area contributed by atoms with Crippen molar-refractivity contribution in [3.8, 4) is 0 Å². The van der Waals surface area contributed by atoms with Gasteiger partial charge in [0, 0.05) is 9.75 Å². The number of hydrogen-bond donors (Lipinski definition) is 0. The van der Waals surface area contributed by atoms with E-state index in [4.69, 9.17) is 11.6 Å². The second-order valence-electron chi connectivity index (χ2n) is 5.00. The van der Waals surface area contributed by atoms with Crippen molar-refractivity contribution in [1.29, 1.82) is 0 Å². The maximum absolute atomic E-state index is 6.58. The van der Waals surface area contributed by atoms with Gasteiger partial charge in [0.05, 0.1) is 5.38 Å². The van der Waals surface area contributed by atoms with Crippen molar-refractivity contribution in [1.82, 2.24) is 0 Å².